The van der Waals surface area contributed by atoms with E-state index in [4.69, 9.17) is 5.73 Å². The van der Waals surface area contributed by atoms with E-state index < -0.39 is 93.9 Å². The Bertz CT molecular complexity index is 2430. The summed E-state index contributed by atoms with van der Waals surface area (Å²) < 4.78 is 135. The number of nitrogens with two attached hydrogens (primary N) is 1. The molecule has 0 aromatic heterocycles. The molecule has 0 aliphatic heterocycles. The van der Waals surface area contributed by atoms with Crippen LogP contribution in [0, 0.1) is 6.92 Å². The maximum absolute atomic E-state index is 13.5. The highest BCUT2D eigenvalue weighted by atomic mass is 32.2. The molecule has 0 saturated heterocycles. The normalized spacial score (nSPS) is 12.5. The van der Waals surface area contributed by atoms with Crippen LogP contribution in [0.25, 0.3) is 10.8 Å². The minimum atomic E-state index is -5.42. The number of hydrogen-bond donors (Lipinski definition) is 7. The standard InChI is InChI=1S/C25H21N3O14S4/c1-12-2-4-15(19(8-12)28-25(30)16-5-3-13(26)9-21(16)45(37,38)39)24(29)27-18-6-7-20(44(34,35)36)17-10-14(43(31,32)33)11-22(23(17)18)46(40,41)42/h2-11H,26H2,1H3,(H,27,29)(H,28,30)(H,31,32,33)(H,34,35,36)(H,37,38,39)(H,40,41,42). The van der Waals surface area contributed by atoms with E-state index >= 15 is 0 Å². The van der Waals surface area contributed by atoms with Crippen molar-refractivity contribution < 1.29 is 61.5 Å². The molecule has 17 nitrogen and oxygen atoms in total. The zero-order valence-electron chi connectivity index (χ0n) is 22.9. The molecule has 0 aliphatic rings. The third kappa shape index (κ3) is 7.16. The average molecular weight is 716 g/mol. The number of amides is 2. The highest BCUT2D eigenvalue weighted by molar-refractivity contribution is 7.87. The van der Waals surface area contributed by atoms with Gasteiger partial charge in [-0.25, -0.2) is 0 Å². The molecule has 0 unspecified atom stereocenters. The predicted molar refractivity (Wildman–Crippen MR) is 161 cm³/mol. The van der Waals surface area contributed by atoms with Crippen molar-refractivity contribution in [1.82, 2.24) is 0 Å². The SMILES string of the molecule is Cc1ccc(C(=O)Nc2ccc(S(=O)(=O)O)c3cc(S(=O)(=O)O)cc(S(=O)(=O)O)c23)c(NC(=O)c2ccc(N)cc2S(=O)(=O)O)c1. The Balaban J connectivity index is 1.89. The van der Waals surface area contributed by atoms with Gasteiger partial charge in [0.15, 0.2) is 0 Å². The minimum absolute atomic E-state index is 0.0972. The van der Waals surface area contributed by atoms with Gasteiger partial charge in [-0.15, -0.1) is 0 Å². The van der Waals surface area contributed by atoms with E-state index in [9.17, 15) is 61.5 Å². The van der Waals surface area contributed by atoms with Gasteiger partial charge in [0.25, 0.3) is 52.3 Å². The Labute approximate surface area is 261 Å². The van der Waals surface area contributed by atoms with Crippen LogP contribution in [0.5, 0.6) is 0 Å². The summed E-state index contributed by atoms with van der Waals surface area (Å²) in [6.45, 7) is 1.57. The fourth-order valence-electron chi connectivity index (χ4n) is 4.35. The van der Waals surface area contributed by atoms with Gasteiger partial charge in [-0.3, -0.25) is 27.8 Å². The number of anilines is 3. The second-order valence-electron chi connectivity index (χ2n) is 9.57. The van der Waals surface area contributed by atoms with Crippen molar-refractivity contribution in [2.75, 3.05) is 16.4 Å². The largest absolute Gasteiger partial charge is 0.399 e. The predicted octanol–water partition coefficient (Wildman–Crippen LogP) is 2.22. The van der Waals surface area contributed by atoms with E-state index in [1.54, 1.807) is 6.92 Å². The summed E-state index contributed by atoms with van der Waals surface area (Å²) in [5.41, 5.74) is 4.28. The smallest absolute Gasteiger partial charge is 0.295 e. The fourth-order valence-corrected chi connectivity index (χ4v) is 7.12. The van der Waals surface area contributed by atoms with Gasteiger partial charge in [-0.2, -0.15) is 33.7 Å². The molecule has 4 aromatic carbocycles. The van der Waals surface area contributed by atoms with E-state index in [0.29, 0.717) is 17.7 Å². The number of aryl methyl sites for hydroxylation is 1. The van der Waals surface area contributed by atoms with Crippen LogP contribution < -0.4 is 16.4 Å². The third-order valence-electron chi connectivity index (χ3n) is 6.31. The maximum Gasteiger partial charge on any atom is 0.295 e. The number of nitrogens with one attached hydrogen (secondary N) is 2. The van der Waals surface area contributed by atoms with Gasteiger partial charge in [0, 0.05) is 16.5 Å². The number of benzene rings is 4. The lowest BCUT2D eigenvalue weighted by Crippen LogP contribution is -2.20. The molecule has 0 atom stereocenters. The van der Waals surface area contributed by atoms with Crippen LogP contribution in [0.2, 0.25) is 0 Å². The zero-order chi connectivity index (χ0) is 34.6. The Morgan fingerprint density at radius 3 is 1.70 bits per heavy atom. The third-order valence-corrected chi connectivity index (χ3v) is 9.82. The Kier molecular flexibility index (Phi) is 8.75. The number of carbonyl (C=O) groups excluding carboxylic acids is 2. The van der Waals surface area contributed by atoms with Crippen molar-refractivity contribution in [3.8, 4) is 0 Å². The van der Waals surface area contributed by atoms with E-state index in [0.717, 1.165) is 18.2 Å². The molecule has 0 fully saturated rings. The van der Waals surface area contributed by atoms with Gasteiger partial charge in [0.05, 0.1) is 27.4 Å². The molecule has 0 aliphatic carbocycles. The average Bonchev–Trinajstić information content (AvgIpc) is 2.90. The number of fused-ring (bicyclic) bond motifs is 1. The first-order valence-electron chi connectivity index (χ1n) is 12.1. The van der Waals surface area contributed by atoms with Crippen LogP contribution >= 0.6 is 0 Å². The summed E-state index contributed by atoms with van der Waals surface area (Å²) in [6, 6.07) is 9.16. The fraction of sp³-hybridized carbons (Fsp3) is 0.0400. The molecule has 0 heterocycles. The molecule has 21 heteroatoms. The monoisotopic (exact) mass is 715 g/mol. The van der Waals surface area contributed by atoms with Crippen LogP contribution in [0.15, 0.2) is 80.2 Å². The van der Waals surface area contributed by atoms with Crippen LogP contribution in [0.4, 0.5) is 17.1 Å². The lowest BCUT2D eigenvalue weighted by Gasteiger charge is -2.17. The molecule has 0 radical (unpaired) electrons. The molecular formula is C25H21N3O14S4. The van der Waals surface area contributed by atoms with Crippen LogP contribution in [0.1, 0.15) is 26.3 Å². The van der Waals surface area contributed by atoms with Gasteiger partial charge in [0.2, 0.25) is 0 Å². The van der Waals surface area contributed by atoms with E-state index in [1.807, 2.05) is 0 Å². The number of carbonyl (C=O) groups is 2. The molecule has 0 spiro atoms. The second-order valence-corrected chi connectivity index (χ2v) is 15.2. The van der Waals surface area contributed by atoms with Gasteiger partial charge < -0.3 is 16.4 Å². The summed E-state index contributed by atoms with van der Waals surface area (Å²) in [4.78, 5) is 22.3. The molecule has 46 heavy (non-hydrogen) atoms. The minimum Gasteiger partial charge on any atom is -0.399 e. The van der Waals surface area contributed by atoms with Gasteiger partial charge in [-0.05, 0) is 67.1 Å². The molecule has 0 bridgehead atoms. The van der Waals surface area contributed by atoms with Gasteiger partial charge in [-0.1, -0.05) is 6.07 Å². The van der Waals surface area contributed by atoms with E-state index in [2.05, 4.69) is 10.6 Å². The van der Waals surface area contributed by atoms with Crippen molar-refractivity contribution in [3.63, 3.8) is 0 Å². The highest BCUT2D eigenvalue weighted by Gasteiger charge is 2.28. The summed E-state index contributed by atoms with van der Waals surface area (Å²) in [7, 11) is -20.8. The first-order chi connectivity index (χ1) is 21.0. The zero-order valence-corrected chi connectivity index (χ0v) is 26.1. The summed E-state index contributed by atoms with van der Waals surface area (Å²) in [5, 5.41) is 2.95. The highest BCUT2D eigenvalue weighted by Crippen LogP contribution is 2.37. The Morgan fingerprint density at radius 1 is 0.587 bits per heavy atom. The Morgan fingerprint density at radius 2 is 1.13 bits per heavy atom. The van der Waals surface area contributed by atoms with Crippen LogP contribution in [-0.2, 0) is 40.5 Å². The van der Waals surface area contributed by atoms with Crippen LogP contribution in [0.3, 0.4) is 0 Å². The summed E-state index contributed by atoms with van der Waals surface area (Å²) >= 11 is 0. The van der Waals surface area contributed by atoms with Gasteiger partial charge >= 0.3 is 0 Å². The van der Waals surface area contributed by atoms with E-state index in [1.165, 1.54) is 24.3 Å². The first kappa shape index (κ1) is 34.4. The topological polar surface area (TPSA) is 302 Å². The molecule has 8 N–H and O–H groups in total. The van der Waals surface area contributed by atoms with Gasteiger partial charge in [0.1, 0.15) is 14.7 Å². The quantitative estimate of drug-likeness (QED) is 0.102. The molecule has 0 saturated carbocycles. The van der Waals surface area contributed by atoms with Crippen molar-refractivity contribution >= 4 is 80.1 Å². The molecule has 2 amide bonds. The summed E-state index contributed by atoms with van der Waals surface area (Å²) in [5.74, 6) is -2.22. The Hall–Kier alpha value is -4.48. The molecule has 244 valence electrons. The van der Waals surface area contributed by atoms with Crippen molar-refractivity contribution in [3.05, 3.63) is 77.4 Å². The number of rotatable bonds is 8. The van der Waals surface area contributed by atoms with Crippen molar-refractivity contribution in [2.24, 2.45) is 0 Å². The first-order valence-corrected chi connectivity index (χ1v) is 17.9. The number of nitrogen functional groups attached to an aromatic ring is 1. The molecule has 4 rings (SSSR count). The molecule has 4 aromatic rings. The maximum atomic E-state index is 13.5. The van der Waals surface area contributed by atoms with Crippen molar-refractivity contribution in [2.45, 2.75) is 26.5 Å². The number of hydrogen-bond acceptors (Lipinski definition) is 11. The lowest BCUT2D eigenvalue weighted by atomic mass is 10.1. The van der Waals surface area contributed by atoms with E-state index in [-0.39, 0.29) is 23.0 Å². The summed E-state index contributed by atoms with van der Waals surface area (Å²) in [6.07, 6.45) is 0. The van der Waals surface area contributed by atoms with Crippen LogP contribution in [-0.4, -0.2) is 63.7 Å². The lowest BCUT2D eigenvalue weighted by molar-refractivity contribution is 0.102. The van der Waals surface area contributed by atoms with Crippen molar-refractivity contribution in [1.29, 1.82) is 0 Å². The molecular weight excluding hydrogens is 695 g/mol. The second kappa shape index (κ2) is 11.7.